The van der Waals surface area contributed by atoms with Gasteiger partial charge >= 0.3 is 7.12 Å². The summed E-state index contributed by atoms with van der Waals surface area (Å²) in [5.74, 6) is 0.536. The highest BCUT2D eigenvalue weighted by Gasteiger charge is 2.58. The maximum Gasteiger partial charge on any atom is 0.484 e. The Hall–Kier alpha value is -0.275. The van der Waals surface area contributed by atoms with Crippen molar-refractivity contribution in [2.24, 2.45) is 16.7 Å². The molecule has 2 rings (SSSR count). The van der Waals surface area contributed by atoms with Gasteiger partial charge in [0.2, 0.25) is 0 Å². The highest BCUT2D eigenvalue weighted by atomic mass is 16.4. The summed E-state index contributed by atoms with van der Waals surface area (Å²) < 4.78 is 0. The van der Waals surface area contributed by atoms with Crippen molar-refractivity contribution in [3.05, 3.63) is 11.5 Å². The summed E-state index contributed by atoms with van der Waals surface area (Å²) in [6.07, 6.45) is 4.36. The molecule has 1 fully saturated rings. The smallest absolute Gasteiger partial charge is 0.423 e. The largest absolute Gasteiger partial charge is 0.484 e. The van der Waals surface area contributed by atoms with Crippen LogP contribution in [-0.2, 0) is 0 Å². The van der Waals surface area contributed by atoms with Gasteiger partial charge in [0.05, 0.1) is 0 Å². The van der Waals surface area contributed by atoms with Gasteiger partial charge in [-0.3, -0.25) is 0 Å². The Balaban J connectivity index is 2.43. The van der Waals surface area contributed by atoms with Crippen LogP contribution in [0.4, 0.5) is 0 Å². The third-order valence-electron chi connectivity index (χ3n) is 4.60. The van der Waals surface area contributed by atoms with E-state index in [0.717, 1.165) is 11.9 Å². The van der Waals surface area contributed by atoms with E-state index < -0.39 is 7.12 Å². The maximum absolute atomic E-state index is 9.26. The summed E-state index contributed by atoms with van der Waals surface area (Å²) >= 11 is 0. The molecule has 3 heteroatoms. The molecular formula is C10H17BO2. The number of hydrogen-bond donors (Lipinski definition) is 2. The van der Waals surface area contributed by atoms with Gasteiger partial charge in [-0.05, 0) is 35.1 Å². The van der Waals surface area contributed by atoms with Crippen molar-refractivity contribution in [1.82, 2.24) is 0 Å². The second kappa shape index (κ2) is 2.40. The van der Waals surface area contributed by atoms with Crippen molar-refractivity contribution in [3.63, 3.8) is 0 Å². The summed E-state index contributed by atoms with van der Waals surface area (Å²) in [7, 11) is -1.26. The lowest BCUT2D eigenvalue weighted by Crippen LogP contribution is -2.35. The normalized spacial score (nSPS) is 40.7. The second-order valence-electron chi connectivity index (χ2n) is 5.19. The van der Waals surface area contributed by atoms with Gasteiger partial charge in [-0.1, -0.05) is 26.8 Å². The van der Waals surface area contributed by atoms with Gasteiger partial charge in [-0.25, -0.2) is 0 Å². The molecule has 1 saturated carbocycles. The number of fused-ring (bicyclic) bond motifs is 2. The first-order chi connectivity index (χ1) is 5.89. The summed E-state index contributed by atoms with van der Waals surface area (Å²) in [5, 5.41) is 18.5. The van der Waals surface area contributed by atoms with E-state index in [1.54, 1.807) is 0 Å². The molecule has 0 aliphatic heterocycles. The zero-order valence-corrected chi connectivity index (χ0v) is 8.54. The third kappa shape index (κ3) is 0.920. The molecule has 2 aliphatic rings. The molecule has 2 atom stereocenters. The summed E-state index contributed by atoms with van der Waals surface area (Å²) in [6.45, 7) is 6.62. The molecule has 2 bridgehead atoms. The fourth-order valence-corrected chi connectivity index (χ4v) is 3.12. The van der Waals surface area contributed by atoms with E-state index in [-0.39, 0.29) is 10.8 Å². The van der Waals surface area contributed by atoms with E-state index >= 15 is 0 Å². The molecule has 0 unspecified atom stereocenters. The van der Waals surface area contributed by atoms with Gasteiger partial charge in [-0.15, -0.1) is 0 Å². The summed E-state index contributed by atoms with van der Waals surface area (Å²) in [4.78, 5) is 0. The zero-order valence-electron chi connectivity index (χ0n) is 8.54. The predicted molar refractivity (Wildman–Crippen MR) is 52.9 cm³/mol. The summed E-state index contributed by atoms with van der Waals surface area (Å²) in [6, 6.07) is 0. The second-order valence-corrected chi connectivity index (χ2v) is 5.19. The highest BCUT2D eigenvalue weighted by Crippen LogP contribution is 2.65. The first-order valence-electron chi connectivity index (χ1n) is 4.98. The van der Waals surface area contributed by atoms with Gasteiger partial charge in [0.15, 0.2) is 0 Å². The van der Waals surface area contributed by atoms with Crippen LogP contribution in [0.1, 0.15) is 33.6 Å². The van der Waals surface area contributed by atoms with Crippen molar-refractivity contribution in [2.75, 3.05) is 0 Å². The minimum absolute atomic E-state index is 0.00579. The lowest BCUT2D eigenvalue weighted by Gasteiger charge is -2.37. The monoisotopic (exact) mass is 180 g/mol. The molecule has 2 N–H and O–H groups in total. The van der Waals surface area contributed by atoms with Crippen LogP contribution in [-0.4, -0.2) is 17.2 Å². The number of rotatable bonds is 1. The Labute approximate surface area is 79.8 Å². The first kappa shape index (κ1) is 9.29. The average molecular weight is 180 g/mol. The van der Waals surface area contributed by atoms with Gasteiger partial charge in [0, 0.05) is 0 Å². The quantitative estimate of drug-likeness (QED) is 0.598. The molecule has 0 amide bonds. The van der Waals surface area contributed by atoms with Gasteiger partial charge < -0.3 is 10.0 Å². The van der Waals surface area contributed by atoms with Crippen molar-refractivity contribution in [1.29, 1.82) is 0 Å². The van der Waals surface area contributed by atoms with Crippen LogP contribution in [0.25, 0.3) is 0 Å². The molecule has 72 valence electrons. The van der Waals surface area contributed by atoms with Crippen LogP contribution in [0.15, 0.2) is 11.5 Å². The number of hydrogen-bond acceptors (Lipinski definition) is 2. The molecule has 0 aromatic carbocycles. The SMILES string of the molecule is CC1(C)[C@H]2C=C(B(O)O)[C@@]1(C)CC2. The van der Waals surface area contributed by atoms with Crippen LogP contribution < -0.4 is 0 Å². The minimum Gasteiger partial charge on any atom is -0.423 e. The molecule has 2 nitrogen and oxygen atoms in total. The number of allylic oxidation sites excluding steroid dienone is 2. The standard InChI is InChI=1S/C10H17BO2/c1-9(2)7-4-5-10(9,3)8(6-7)11(12)13/h6-7,12-13H,4-5H2,1-3H3/t7-,10-/m1/s1. The van der Waals surface area contributed by atoms with Crippen LogP contribution >= 0.6 is 0 Å². The molecule has 13 heavy (non-hydrogen) atoms. The Morgan fingerprint density at radius 1 is 1.38 bits per heavy atom. The molecule has 0 saturated heterocycles. The first-order valence-corrected chi connectivity index (χ1v) is 4.98. The van der Waals surface area contributed by atoms with Crippen molar-refractivity contribution >= 4 is 7.12 Å². The molecular weight excluding hydrogens is 163 g/mol. The third-order valence-corrected chi connectivity index (χ3v) is 4.60. The molecule has 0 heterocycles. The van der Waals surface area contributed by atoms with E-state index in [0.29, 0.717) is 5.92 Å². The van der Waals surface area contributed by atoms with Crippen LogP contribution in [0.5, 0.6) is 0 Å². The van der Waals surface area contributed by atoms with E-state index in [1.807, 2.05) is 0 Å². The maximum atomic E-state index is 9.26. The fraction of sp³-hybridized carbons (Fsp3) is 0.800. The van der Waals surface area contributed by atoms with Gasteiger partial charge in [-0.2, -0.15) is 0 Å². The Morgan fingerprint density at radius 3 is 2.23 bits per heavy atom. The predicted octanol–water partition coefficient (Wildman–Crippen LogP) is 1.38. The lowest BCUT2D eigenvalue weighted by molar-refractivity contribution is 0.172. The van der Waals surface area contributed by atoms with Crippen molar-refractivity contribution in [3.8, 4) is 0 Å². The molecule has 0 spiro atoms. The topological polar surface area (TPSA) is 40.5 Å². The Morgan fingerprint density at radius 2 is 2.00 bits per heavy atom. The average Bonchev–Trinajstić information content (AvgIpc) is 2.34. The minimum atomic E-state index is -1.26. The summed E-state index contributed by atoms with van der Waals surface area (Å²) in [5.41, 5.74) is 1.05. The van der Waals surface area contributed by atoms with E-state index in [2.05, 4.69) is 26.8 Å². The fourth-order valence-electron chi connectivity index (χ4n) is 3.12. The van der Waals surface area contributed by atoms with Crippen LogP contribution in [0.2, 0.25) is 0 Å². The highest BCUT2D eigenvalue weighted by molar-refractivity contribution is 6.51. The van der Waals surface area contributed by atoms with E-state index in [1.165, 1.54) is 6.42 Å². The van der Waals surface area contributed by atoms with Gasteiger partial charge in [0.25, 0.3) is 0 Å². The van der Waals surface area contributed by atoms with Crippen molar-refractivity contribution in [2.45, 2.75) is 33.6 Å². The molecule has 2 aliphatic carbocycles. The Bertz CT molecular complexity index is 270. The van der Waals surface area contributed by atoms with E-state index in [9.17, 15) is 10.0 Å². The lowest BCUT2D eigenvalue weighted by atomic mass is 9.58. The van der Waals surface area contributed by atoms with E-state index in [4.69, 9.17) is 0 Å². The van der Waals surface area contributed by atoms with Crippen LogP contribution in [0.3, 0.4) is 0 Å². The molecule has 0 aromatic rings. The van der Waals surface area contributed by atoms with Crippen LogP contribution in [0, 0.1) is 16.7 Å². The van der Waals surface area contributed by atoms with Crippen molar-refractivity contribution < 1.29 is 10.0 Å². The molecule has 0 radical (unpaired) electrons. The van der Waals surface area contributed by atoms with Gasteiger partial charge in [0.1, 0.15) is 0 Å². The zero-order chi connectivity index (χ0) is 9.85. The Kier molecular flexibility index (Phi) is 1.71. The molecule has 0 aromatic heterocycles.